The first-order chi connectivity index (χ1) is 10.5. The summed E-state index contributed by atoms with van der Waals surface area (Å²) in [5.74, 6) is 1.09. The third-order valence-corrected chi connectivity index (χ3v) is 3.23. The van der Waals surface area contributed by atoms with Gasteiger partial charge < -0.3 is 14.6 Å². The second-order valence-electron chi connectivity index (χ2n) is 4.55. The van der Waals surface area contributed by atoms with Crippen LogP contribution in [-0.2, 0) is 4.79 Å². The highest BCUT2D eigenvalue weighted by atomic mass is 79.9. The summed E-state index contributed by atoms with van der Waals surface area (Å²) in [5.41, 5.74) is 0. The van der Waals surface area contributed by atoms with Gasteiger partial charge in [-0.1, -0.05) is 15.9 Å². The number of hydrogen-bond donors (Lipinski definition) is 1. The number of halogens is 1. The van der Waals surface area contributed by atoms with Crippen LogP contribution in [0.1, 0.15) is 6.92 Å². The van der Waals surface area contributed by atoms with Crippen molar-refractivity contribution >= 4 is 21.9 Å². The van der Waals surface area contributed by atoms with Gasteiger partial charge in [0.15, 0.2) is 0 Å². The number of ether oxygens (including phenoxy) is 2. The Labute approximate surface area is 137 Å². The van der Waals surface area contributed by atoms with Gasteiger partial charge in [-0.2, -0.15) is 0 Å². The first kappa shape index (κ1) is 16.1. The molecule has 0 heterocycles. The fourth-order valence-corrected chi connectivity index (χ4v) is 1.96. The maximum Gasteiger partial charge on any atom is 0.328 e. The highest BCUT2D eigenvalue weighted by Crippen LogP contribution is 2.25. The van der Waals surface area contributed by atoms with Crippen LogP contribution in [0.3, 0.4) is 0 Å². The predicted octanol–water partition coefficient (Wildman–Crippen LogP) is 4.65. The minimum Gasteiger partial charge on any atom is -0.487 e. The van der Waals surface area contributed by atoms with Crippen LogP contribution < -0.4 is 9.47 Å². The van der Waals surface area contributed by atoms with Crippen LogP contribution in [0.2, 0.25) is 0 Å². The van der Waals surface area contributed by atoms with Crippen LogP contribution in [0, 0.1) is 0 Å². The number of hydrogen-bond acceptors (Lipinski definition) is 3. The van der Waals surface area contributed by atoms with E-state index in [1.807, 2.05) is 24.3 Å². The van der Waals surface area contributed by atoms with Crippen molar-refractivity contribution in [3.05, 3.63) is 65.2 Å². The molecule has 1 N–H and O–H groups in total. The summed E-state index contributed by atoms with van der Waals surface area (Å²) in [5, 5.41) is 8.56. The molecule has 114 valence electrons. The van der Waals surface area contributed by atoms with Gasteiger partial charge in [-0.25, -0.2) is 4.79 Å². The maximum atomic E-state index is 10.4. The van der Waals surface area contributed by atoms with Crippen LogP contribution >= 0.6 is 15.9 Å². The number of carboxylic acid groups (broad SMARTS) is 1. The summed E-state index contributed by atoms with van der Waals surface area (Å²) in [4.78, 5) is 10.4. The van der Waals surface area contributed by atoms with E-state index in [2.05, 4.69) is 15.9 Å². The van der Waals surface area contributed by atoms with E-state index in [1.165, 1.54) is 6.08 Å². The van der Waals surface area contributed by atoms with Gasteiger partial charge in [0.1, 0.15) is 23.4 Å². The van der Waals surface area contributed by atoms with E-state index >= 15 is 0 Å². The van der Waals surface area contributed by atoms with E-state index in [0.29, 0.717) is 11.5 Å². The fraction of sp³-hybridized carbons (Fsp3) is 0.118. The molecule has 2 rings (SSSR count). The topological polar surface area (TPSA) is 55.8 Å². The molecule has 1 unspecified atom stereocenters. The Balaban J connectivity index is 1.95. The van der Waals surface area contributed by atoms with Crippen LogP contribution in [0.4, 0.5) is 0 Å². The second-order valence-corrected chi connectivity index (χ2v) is 5.46. The molecule has 0 fully saturated rings. The minimum atomic E-state index is -0.992. The molecule has 5 heteroatoms. The molecule has 0 aliphatic rings. The molecular weight excluding hydrogens is 348 g/mol. The summed E-state index contributed by atoms with van der Waals surface area (Å²) < 4.78 is 12.3. The molecule has 2 aromatic rings. The quantitative estimate of drug-likeness (QED) is 0.759. The van der Waals surface area contributed by atoms with Gasteiger partial charge in [0.05, 0.1) is 0 Å². The minimum absolute atomic E-state index is 0.325. The Kier molecular flexibility index (Phi) is 5.61. The van der Waals surface area contributed by atoms with Gasteiger partial charge in [-0.3, -0.25) is 0 Å². The Morgan fingerprint density at radius 1 is 1.05 bits per heavy atom. The number of benzene rings is 2. The Morgan fingerprint density at radius 3 is 2.09 bits per heavy atom. The normalized spacial score (nSPS) is 12.1. The average Bonchev–Trinajstić information content (AvgIpc) is 2.49. The van der Waals surface area contributed by atoms with Crippen LogP contribution in [0.15, 0.2) is 65.2 Å². The molecule has 0 saturated carbocycles. The average molecular weight is 363 g/mol. The van der Waals surface area contributed by atoms with E-state index in [0.717, 1.165) is 16.3 Å². The van der Waals surface area contributed by atoms with Crippen molar-refractivity contribution in [2.45, 2.75) is 13.0 Å². The lowest BCUT2D eigenvalue weighted by atomic mass is 10.3. The third-order valence-electron chi connectivity index (χ3n) is 2.70. The van der Waals surface area contributed by atoms with Crippen molar-refractivity contribution in [3.8, 4) is 17.2 Å². The van der Waals surface area contributed by atoms with Crippen molar-refractivity contribution in [1.29, 1.82) is 0 Å². The molecule has 0 bridgehead atoms. The van der Waals surface area contributed by atoms with Gasteiger partial charge in [0.2, 0.25) is 0 Å². The summed E-state index contributed by atoms with van der Waals surface area (Å²) in [6.45, 7) is 1.77. The van der Waals surface area contributed by atoms with Crippen molar-refractivity contribution in [2.75, 3.05) is 0 Å². The molecule has 0 spiro atoms. The largest absolute Gasteiger partial charge is 0.487 e. The Hall–Kier alpha value is -2.27. The van der Waals surface area contributed by atoms with Crippen molar-refractivity contribution < 1.29 is 19.4 Å². The maximum absolute atomic E-state index is 10.4. The van der Waals surface area contributed by atoms with Crippen molar-refractivity contribution in [2.24, 2.45) is 0 Å². The van der Waals surface area contributed by atoms with Gasteiger partial charge in [-0.05, 0) is 61.5 Å². The highest BCUT2D eigenvalue weighted by molar-refractivity contribution is 9.10. The molecule has 22 heavy (non-hydrogen) atoms. The molecule has 0 amide bonds. The summed E-state index contributed by atoms with van der Waals surface area (Å²) >= 11 is 3.37. The molecule has 0 aromatic heterocycles. The monoisotopic (exact) mass is 362 g/mol. The zero-order chi connectivity index (χ0) is 15.9. The van der Waals surface area contributed by atoms with Gasteiger partial charge in [0.25, 0.3) is 0 Å². The lowest BCUT2D eigenvalue weighted by Gasteiger charge is -2.11. The van der Waals surface area contributed by atoms with Crippen LogP contribution in [0.5, 0.6) is 17.2 Å². The summed E-state index contributed by atoms with van der Waals surface area (Å²) in [6.07, 6.45) is 2.22. The predicted molar refractivity (Wildman–Crippen MR) is 87.5 cm³/mol. The summed E-state index contributed by atoms with van der Waals surface area (Å²) in [7, 11) is 0. The van der Waals surface area contributed by atoms with E-state index in [4.69, 9.17) is 14.6 Å². The zero-order valence-corrected chi connectivity index (χ0v) is 13.5. The molecule has 0 saturated heterocycles. The van der Waals surface area contributed by atoms with Crippen LogP contribution in [-0.4, -0.2) is 17.2 Å². The van der Waals surface area contributed by atoms with Gasteiger partial charge in [0, 0.05) is 10.5 Å². The van der Waals surface area contributed by atoms with E-state index in [-0.39, 0.29) is 6.10 Å². The van der Waals surface area contributed by atoms with E-state index in [1.54, 1.807) is 31.2 Å². The van der Waals surface area contributed by atoms with Crippen molar-refractivity contribution in [3.63, 3.8) is 0 Å². The SMILES string of the molecule is CC(C=CC(=O)O)Oc1ccc(Oc2ccc(Br)cc2)cc1. The lowest BCUT2D eigenvalue weighted by Crippen LogP contribution is -2.08. The fourth-order valence-electron chi connectivity index (χ4n) is 1.70. The lowest BCUT2D eigenvalue weighted by molar-refractivity contribution is -0.131. The Bertz CT molecular complexity index is 647. The first-order valence-corrected chi connectivity index (χ1v) is 7.43. The molecule has 0 radical (unpaired) electrons. The van der Waals surface area contributed by atoms with E-state index < -0.39 is 5.97 Å². The second kappa shape index (κ2) is 7.66. The Morgan fingerprint density at radius 2 is 1.55 bits per heavy atom. The van der Waals surface area contributed by atoms with Crippen molar-refractivity contribution in [1.82, 2.24) is 0 Å². The standard InChI is InChI=1S/C17H15BrO4/c1-12(2-11-17(19)20)21-14-7-9-16(10-8-14)22-15-5-3-13(18)4-6-15/h2-12H,1H3,(H,19,20). The molecule has 4 nitrogen and oxygen atoms in total. The smallest absolute Gasteiger partial charge is 0.328 e. The zero-order valence-electron chi connectivity index (χ0n) is 11.9. The first-order valence-electron chi connectivity index (χ1n) is 6.64. The van der Waals surface area contributed by atoms with Crippen LogP contribution in [0.25, 0.3) is 0 Å². The third kappa shape index (κ3) is 5.26. The molecule has 1 atom stereocenters. The number of carboxylic acids is 1. The van der Waals surface area contributed by atoms with E-state index in [9.17, 15) is 4.79 Å². The molecule has 0 aliphatic heterocycles. The number of rotatable bonds is 6. The molecule has 0 aliphatic carbocycles. The highest BCUT2D eigenvalue weighted by Gasteiger charge is 2.02. The molecular formula is C17H15BrO4. The number of carbonyl (C=O) groups is 1. The van der Waals surface area contributed by atoms with Gasteiger partial charge in [-0.15, -0.1) is 0 Å². The number of aliphatic carboxylic acids is 1. The molecule has 2 aromatic carbocycles. The van der Waals surface area contributed by atoms with Gasteiger partial charge >= 0.3 is 5.97 Å². The summed E-state index contributed by atoms with van der Waals surface area (Å²) in [6, 6.07) is 14.7.